The minimum absolute atomic E-state index is 0.156. The highest BCUT2D eigenvalue weighted by Gasteiger charge is 2.59. The highest BCUT2D eigenvalue weighted by molar-refractivity contribution is 6.23. The number of esters is 1. The Morgan fingerprint density at radius 2 is 1.55 bits per heavy atom. The predicted molar refractivity (Wildman–Crippen MR) is 108 cm³/mol. The fourth-order valence-corrected chi connectivity index (χ4v) is 5.09. The second-order valence-electron chi connectivity index (χ2n) is 8.28. The SMILES string of the molecule is Cc1cc(C)cc(OC(=O)c2cccc(N3C(=O)[C@H]4[C@H](C3=O)[C@H]3C=C[C@H]4C3)c2)c1. The Morgan fingerprint density at radius 1 is 0.931 bits per heavy atom. The van der Waals surface area contributed by atoms with Crippen molar-refractivity contribution in [3.05, 3.63) is 71.3 Å². The first kappa shape index (κ1) is 17.9. The topological polar surface area (TPSA) is 63.7 Å². The number of hydrogen-bond acceptors (Lipinski definition) is 4. The first-order chi connectivity index (χ1) is 13.9. The second-order valence-corrected chi connectivity index (χ2v) is 8.28. The van der Waals surface area contributed by atoms with Gasteiger partial charge in [-0.2, -0.15) is 0 Å². The molecule has 0 aromatic heterocycles. The average Bonchev–Trinajstić information content (AvgIpc) is 3.35. The normalized spacial score (nSPS) is 26.9. The van der Waals surface area contributed by atoms with Crippen molar-refractivity contribution in [2.24, 2.45) is 23.7 Å². The molecule has 146 valence electrons. The molecule has 2 aliphatic carbocycles. The molecule has 2 bridgehead atoms. The summed E-state index contributed by atoms with van der Waals surface area (Å²) >= 11 is 0. The van der Waals surface area contributed by atoms with E-state index in [0.29, 0.717) is 17.0 Å². The Hall–Kier alpha value is -3.21. The molecule has 5 rings (SSSR count). The quantitative estimate of drug-likeness (QED) is 0.347. The van der Waals surface area contributed by atoms with Crippen LogP contribution in [0.15, 0.2) is 54.6 Å². The Labute approximate surface area is 169 Å². The third-order valence-corrected chi connectivity index (χ3v) is 6.22. The van der Waals surface area contributed by atoms with Crippen LogP contribution in [0.3, 0.4) is 0 Å². The molecular formula is C24H21NO4. The van der Waals surface area contributed by atoms with E-state index in [9.17, 15) is 14.4 Å². The Morgan fingerprint density at radius 3 is 2.17 bits per heavy atom. The van der Waals surface area contributed by atoms with Crippen LogP contribution in [0.25, 0.3) is 0 Å². The second kappa shape index (κ2) is 6.41. The van der Waals surface area contributed by atoms with E-state index < -0.39 is 5.97 Å². The van der Waals surface area contributed by atoms with Gasteiger partial charge in [-0.3, -0.25) is 9.59 Å². The van der Waals surface area contributed by atoms with Gasteiger partial charge in [-0.15, -0.1) is 0 Å². The lowest BCUT2D eigenvalue weighted by molar-refractivity contribution is -0.123. The molecule has 1 saturated heterocycles. The number of hydrogen-bond donors (Lipinski definition) is 0. The number of ether oxygens (including phenoxy) is 1. The minimum Gasteiger partial charge on any atom is -0.423 e. The van der Waals surface area contributed by atoms with E-state index in [-0.39, 0.29) is 35.5 Å². The smallest absolute Gasteiger partial charge is 0.343 e. The van der Waals surface area contributed by atoms with Gasteiger partial charge in [0, 0.05) is 0 Å². The molecule has 2 aromatic carbocycles. The number of aryl methyl sites for hydroxylation is 2. The van der Waals surface area contributed by atoms with Gasteiger partial charge in [-0.25, -0.2) is 9.69 Å². The van der Waals surface area contributed by atoms with Crippen LogP contribution in [0.5, 0.6) is 5.75 Å². The molecule has 4 atom stereocenters. The van der Waals surface area contributed by atoms with Gasteiger partial charge in [0.1, 0.15) is 5.75 Å². The molecule has 5 heteroatoms. The highest BCUT2D eigenvalue weighted by atomic mass is 16.5. The van der Waals surface area contributed by atoms with Gasteiger partial charge < -0.3 is 4.74 Å². The maximum absolute atomic E-state index is 13.0. The highest BCUT2D eigenvalue weighted by Crippen LogP contribution is 2.53. The van der Waals surface area contributed by atoms with Crippen molar-refractivity contribution in [2.75, 3.05) is 4.90 Å². The lowest BCUT2D eigenvalue weighted by Crippen LogP contribution is -2.33. The molecule has 5 nitrogen and oxygen atoms in total. The number of benzene rings is 2. The van der Waals surface area contributed by atoms with Gasteiger partial charge in [0.2, 0.25) is 11.8 Å². The number of allylic oxidation sites excluding steroid dienone is 2. The van der Waals surface area contributed by atoms with Crippen LogP contribution < -0.4 is 9.64 Å². The first-order valence-corrected chi connectivity index (χ1v) is 9.89. The number of amides is 2. The van der Waals surface area contributed by atoms with Crippen molar-refractivity contribution in [1.82, 2.24) is 0 Å². The summed E-state index contributed by atoms with van der Waals surface area (Å²) in [5.41, 5.74) is 2.75. The molecule has 0 radical (unpaired) electrons. The third kappa shape index (κ3) is 2.80. The number of fused-ring (bicyclic) bond motifs is 5. The van der Waals surface area contributed by atoms with Crippen molar-refractivity contribution in [2.45, 2.75) is 20.3 Å². The fourth-order valence-electron chi connectivity index (χ4n) is 5.09. The summed E-state index contributed by atoms with van der Waals surface area (Å²) < 4.78 is 5.51. The van der Waals surface area contributed by atoms with Crippen molar-refractivity contribution in [3.8, 4) is 5.75 Å². The van der Waals surface area contributed by atoms with Crippen molar-refractivity contribution < 1.29 is 19.1 Å². The van der Waals surface area contributed by atoms with Crippen molar-refractivity contribution in [1.29, 1.82) is 0 Å². The Bertz CT molecular complexity index is 1040. The van der Waals surface area contributed by atoms with Crippen molar-refractivity contribution >= 4 is 23.5 Å². The zero-order chi connectivity index (χ0) is 20.3. The van der Waals surface area contributed by atoms with Gasteiger partial charge in [0.05, 0.1) is 23.1 Å². The monoisotopic (exact) mass is 387 g/mol. The molecule has 29 heavy (non-hydrogen) atoms. The molecule has 0 N–H and O–H groups in total. The lowest BCUT2D eigenvalue weighted by atomic mass is 9.85. The average molecular weight is 387 g/mol. The Kier molecular flexibility index (Phi) is 3.95. The number of anilines is 1. The first-order valence-electron chi connectivity index (χ1n) is 9.89. The Balaban J connectivity index is 1.41. The van der Waals surface area contributed by atoms with E-state index in [1.807, 2.05) is 19.9 Å². The maximum Gasteiger partial charge on any atom is 0.343 e. The third-order valence-electron chi connectivity index (χ3n) is 6.22. The summed E-state index contributed by atoms with van der Waals surface area (Å²) in [4.78, 5) is 39.9. The van der Waals surface area contributed by atoms with Gasteiger partial charge >= 0.3 is 5.97 Å². The summed E-state index contributed by atoms with van der Waals surface area (Å²) in [5, 5.41) is 0. The van der Waals surface area contributed by atoms with Gasteiger partial charge in [0.25, 0.3) is 0 Å². The molecule has 1 saturated carbocycles. The number of nitrogens with zero attached hydrogens (tertiary/aromatic N) is 1. The molecular weight excluding hydrogens is 366 g/mol. The van der Waals surface area contributed by atoms with E-state index in [4.69, 9.17) is 4.74 Å². The summed E-state index contributed by atoms with van der Waals surface area (Å²) in [6.45, 7) is 3.88. The van der Waals surface area contributed by atoms with Crippen molar-refractivity contribution in [3.63, 3.8) is 0 Å². The van der Waals surface area contributed by atoms with E-state index in [2.05, 4.69) is 12.2 Å². The molecule has 2 amide bonds. The molecule has 3 aliphatic rings. The van der Waals surface area contributed by atoms with E-state index >= 15 is 0 Å². The molecule has 0 spiro atoms. The van der Waals surface area contributed by atoms with E-state index in [1.165, 1.54) is 4.90 Å². The molecule has 1 aliphatic heterocycles. The number of rotatable bonds is 3. The predicted octanol–water partition coefficient (Wildman–Crippen LogP) is 3.83. The number of carbonyl (C=O) groups excluding carboxylic acids is 3. The zero-order valence-corrected chi connectivity index (χ0v) is 16.3. The number of carbonyl (C=O) groups is 3. The molecule has 0 unspecified atom stereocenters. The summed E-state index contributed by atoms with van der Waals surface area (Å²) in [5.74, 6) is -0.560. The largest absolute Gasteiger partial charge is 0.423 e. The number of imide groups is 1. The standard InChI is InChI=1S/C24H21NO4/c1-13-8-14(2)10-19(9-13)29-24(28)17-4-3-5-18(12-17)25-22(26)20-15-6-7-16(11-15)21(20)23(25)27/h3-10,12,15-16,20-21H,11H2,1-2H3/t15-,16-,20+,21+/m0/s1. The van der Waals surface area contributed by atoms with Gasteiger partial charge in [0.15, 0.2) is 0 Å². The fraction of sp³-hybridized carbons (Fsp3) is 0.292. The van der Waals surface area contributed by atoms with Crippen LogP contribution in [-0.4, -0.2) is 17.8 Å². The van der Waals surface area contributed by atoms with Gasteiger partial charge in [-0.1, -0.05) is 24.3 Å². The van der Waals surface area contributed by atoms with Crippen LogP contribution in [0.4, 0.5) is 5.69 Å². The van der Waals surface area contributed by atoms with Crippen LogP contribution in [0.2, 0.25) is 0 Å². The zero-order valence-electron chi connectivity index (χ0n) is 16.3. The van der Waals surface area contributed by atoms with Crippen LogP contribution >= 0.6 is 0 Å². The summed E-state index contributed by atoms with van der Waals surface area (Å²) in [7, 11) is 0. The summed E-state index contributed by atoms with van der Waals surface area (Å²) in [6, 6.07) is 12.2. The summed E-state index contributed by atoms with van der Waals surface area (Å²) in [6.07, 6.45) is 5.03. The van der Waals surface area contributed by atoms with Gasteiger partial charge in [-0.05, 0) is 73.6 Å². The molecule has 2 fully saturated rings. The van der Waals surface area contributed by atoms with Crippen LogP contribution in [0.1, 0.15) is 27.9 Å². The van der Waals surface area contributed by atoms with Crippen LogP contribution in [-0.2, 0) is 9.59 Å². The minimum atomic E-state index is -0.516. The van der Waals surface area contributed by atoms with E-state index in [1.54, 1.807) is 36.4 Å². The lowest BCUT2D eigenvalue weighted by Gasteiger charge is -2.18. The maximum atomic E-state index is 13.0. The van der Waals surface area contributed by atoms with Crippen LogP contribution in [0, 0.1) is 37.5 Å². The molecule has 1 heterocycles. The molecule has 2 aromatic rings. The van der Waals surface area contributed by atoms with E-state index in [0.717, 1.165) is 17.5 Å².